The average molecular weight is 407 g/mol. The monoisotopic (exact) mass is 406 g/mol. The quantitative estimate of drug-likeness (QED) is 0.521. The van der Waals surface area contributed by atoms with Crippen LogP contribution in [0.3, 0.4) is 0 Å². The Balaban J connectivity index is 1.12. The Morgan fingerprint density at radius 2 is 1.90 bits per heavy atom. The molecule has 0 bridgehead atoms. The minimum atomic E-state index is 0.434. The number of fused-ring (bicyclic) bond motifs is 1. The summed E-state index contributed by atoms with van der Waals surface area (Å²) in [5.41, 5.74) is 2.30. The second-order valence-electron chi connectivity index (χ2n) is 7.33. The van der Waals surface area contributed by atoms with Gasteiger partial charge >= 0.3 is 0 Å². The predicted octanol–water partition coefficient (Wildman–Crippen LogP) is 4.02. The first-order chi connectivity index (χ1) is 14.3. The molecule has 29 heavy (non-hydrogen) atoms. The second kappa shape index (κ2) is 8.26. The Hall–Kier alpha value is -2.84. The van der Waals surface area contributed by atoms with Crippen molar-refractivity contribution in [2.45, 2.75) is 25.2 Å². The first kappa shape index (κ1) is 18.2. The molecule has 0 aliphatic carbocycles. The molecule has 1 N–H and O–H groups in total. The Morgan fingerprint density at radius 3 is 2.66 bits per heavy atom. The number of rotatable bonds is 6. The van der Waals surface area contributed by atoms with E-state index in [-0.39, 0.29) is 0 Å². The number of aromatic amines is 1. The number of nitrogens with one attached hydrogen (secondary N) is 1. The summed E-state index contributed by atoms with van der Waals surface area (Å²) in [6.45, 7) is 3.23. The molecule has 1 saturated heterocycles. The van der Waals surface area contributed by atoms with Gasteiger partial charge in [-0.3, -0.25) is 0 Å². The minimum absolute atomic E-state index is 0.434. The summed E-state index contributed by atoms with van der Waals surface area (Å²) in [6, 6.07) is 16.4. The molecule has 3 heterocycles. The van der Waals surface area contributed by atoms with Gasteiger partial charge in [0, 0.05) is 12.5 Å². The number of ether oxygens (including phenoxy) is 1. The maximum absolute atomic E-state index is 5.94. The van der Waals surface area contributed by atoms with Crippen LogP contribution in [0.25, 0.3) is 10.2 Å². The summed E-state index contributed by atoms with van der Waals surface area (Å²) in [5, 5.41) is 15.2. The van der Waals surface area contributed by atoms with E-state index in [1.165, 1.54) is 5.56 Å². The Labute approximate surface area is 172 Å². The number of H-pyrrole nitrogens is 1. The molecule has 2 aromatic heterocycles. The lowest BCUT2D eigenvalue weighted by molar-refractivity contribution is 0.211. The SMILES string of the molecule is c1ccc2sc(Oc3ccc(CCN4CCC(c5nn[nH]n5)CC4)cc3)nc2c1. The highest BCUT2D eigenvalue weighted by Gasteiger charge is 2.23. The van der Waals surface area contributed by atoms with Crippen LogP contribution in [0.5, 0.6) is 10.9 Å². The lowest BCUT2D eigenvalue weighted by Gasteiger charge is -2.30. The van der Waals surface area contributed by atoms with Crippen molar-refractivity contribution in [3.63, 3.8) is 0 Å². The smallest absolute Gasteiger partial charge is 0.279 e. The topological polar surface area (TPSA) is 79.8 Å². The van der Waals surface area contributed by atoms with Crippen molar-refractivity contribution in [1.82, 2.24) is 30.5 Å². The van der Waals surface area contributed by atoms with Gasteiger partial charge < -0.3 is 9.64 Å². The number of hydrogen-bond acceptors (Lipinski definition) is 7. The molecule has 2 aromatic carbocycles. The van der Waals surface area contributed by atoms with Crippen LogP contribution in [0, 0.1) is 0 Å². The Morgan fingerprint density at radius 1 is 1.07 bits per heavy atom. The van der Waals surface area contributed by atoms with Crippen molar-refractivity contribution in [1.29, 1.82) is 0 Å². The summed E-state index contributed by atoms with van der Waals surface area (Å²) in [6.07, 6.45) is 3.22. The van der Waals surface area contributed by atoms with E-state index in [1.54, 1.807) is 11.3 Å². The molecular formula is C21H22N6OS. The van der Waals surface area contributed by atoms with Crippen LogP contribution in [-0.4, -0.2) is 50.1 Å². The fraction of sp³-hybridized carbons (Fsp3) is 0.333. The minimum Gasteiger partial charge on any atom is -0.431 e. The number of piperidine rings is 1. The molecule has 0 amide bonds. The van der Waals surface area contributed by atoms with Crippen LogP contribution in [0.2, 0.25) is 0 Å². The van der Waals surface area contributed by atoms with E-state index >= 15 is 0 Å². The normalized spacial score (nSPS) is 15.7. The molecule has 5 rings (SSSR count). The molecule has 4 aromatic rings. The van der Waals surface area contributed by atoms with Gasteiger partial charge in [0.1, 0.15) is 5.75 Å². The van der Waals surface area contributed by atoms with Crippen LogP contribution in [0.4, 0.5) is 0 Å². The van der Waals surface area contributed by atoms with Gasteiger partial charge in [0.25, 0.3) is 5.19 Å². The van der Waals surface area contributed by atoms with Crippen LogP contribution < -0.4 is 4.74 Å². The van der Waals surface area contributed by atoms with Crippen LogP contribution >= 0.6 is 11.3 Å². The number of aromatic nitrogens is 5. The molecule has 1 aliphatic rings. The highest BCUT2D eigenvalue weighted by molar-refractivity contribution is 7.20. The fourth-order valence-corrected chi connectivity index (χ4v) is 4.60. The zero-order valence-corrected chi connectivity index (χ0v) is 16.8. The van der Waals surface area contributed by atoms with Crippen molar-refractivity contribution in [2.24, 2.45) is 0 Å². The van der Waals surface area contributed by atoms with Crippen LogP contribution in [0.1, 0.15) is 30.1 Å². The number of thiazole rings is 1. The van der Waals surface area contributed by atoms with Gasteiger partial charge in [-0.05, 0) is 62.2 Å². The number of likely N-dealkylation sites (tertiary alicyclic amines) is 1. The molecule has 0 unspecified atom stereocenters. The fourth-order valence-electron chi connectivity index (χ4n) is 3.76. The Kier molecular flexibility index (Phi) is 5.19. The molecular weight excluding hydrogens is 384 g/mol. The maximum atomic E-state index is 5.94. The molecule has 7 nitrogen and oxygen atoms in total. The summed E-state index contributed by atoms with van der Waals surface area (Å²) < 4.78 is 7.08. The van der Waals surface area contributed by atoms with E-state index in [9.17, 15) is 0 Å². The zero-order chi connectivity index (χ0) is 19.5. The summed E-state index contributed by atoms with van der Waals surface area (Å²) in [5.74, 6) is 2.12. The molecule has 0 saturated carbocycles. The van der Waals surface area contributed by atoms with Gasteiger partial charge in [0.2, 0.25) is 0 Å². The first-order valence-corrected chi connectivity index (χ1v) is 10.7. The molecule has 0 atom stereocenters. The maximum Gasteiger partial charge on any atom is 0.279 e. The van der Waals surface area contributed by atoms with Crippen LogP contribution in [-0.2, 0) is 6.42 Å². The van der Waals surface area contributed by atoms with E-state index in [4.69, 9.17) is 4.74 Å². The number of tetrazole rings is 1. The average Bonchev–Trinajstić information content (AvgIpc) is 3.43. The number of benzene rings is 2. The molecule has 1 aliphatic heterocycles. The van der Waals surface area contributed by atoms with Gasteiger partial charge in [-0.1, -0.05) is 40.8 Å². The van der Waals surface area contributed by atoms with E-state index in [2.05, 4.69) is 48.7 Å². The highest BCUT2D eigenvalue weighted by atomic mass is 32.1. The van der Waals surface area contributed by atoms with E-state index in [1.807, 2.05) is 30.3 Å². The van der Waals surface area contributed by atoms with Crippen LogP contribution in [0.15, 0.2) is 48.5 Å². The zero-order valence-electron chi connectivity index (χ0n) is 16.0. The van der Waals surface area contributed by atoms with E-state index in [0.717, 1.165) is 60.7 Å². The summed E-state index contributed by atoms with van der Waals surface area (Å²) in [7, 11) is 0. The lowest BCUT2D eigenvalue weighted by Crippen LogP contribution is -2.34. The van der Waals surface area contributed by atoms with Crippen molar-refractivity contribution in [3.05, 3.63) is 59.9 Å². The second-order valence-corrected chi connectivity index (χ2v) is 8.32. The number of nitrogens with zero attached hydrogens (tertiary/aromatic N) is 5. The van der Waals surface area contributed by atoms with Gasteiger partial charge in [0.15, 0.2) is 5.82 Å². The van der Waals surface area contributed by atoms with Gasteiger partial charge in [-0.25, -0.2) is 4.98 Å². The lowest BCUT2D eigenvalue weighted by atomic mass is 9.96. The van der Waals surface area contributed by atoms with Gasteiger partial charge in [0.05, 0.1) is 10.2 Å². The summed E-state index contributed by atoms with van der Waals surface area (Å²) in [4.78, 5) is 7.04. The van der Waals surface area contributed by atoms with E-state index in [0.29, 0.717) is 11.1 Å². The standard InChI is InChI=1S/C21H22N6OS/c1-2-4-19-18(3-1)22-21(29-19)28-17-7-5-15(6-8-17)9-12-27-13-10-16(11-14-27)20-23-25-26-24-20/h1-8,16H,9-14H2,(H,23,24,25,26). The number of hydrogen-bond donors (Lipinski definition) is 1. The molecule has 1 fully saturated rings. The number of para-hydroxylation sites is 1. The van der Waals surface area contributed by atoms with Crippen molar-refractivity contribution in [3.8, 4) is 10.9 Å². The van der Waals surface area contributed by atoms with Crippen molar-refractivity contribution < 1.29 is 4.74 Å². The van der Waals surface area contributed by atoms with Gasteiger partial charge in [-0.15, -0.1) is 10.2 Å². The van der Waals surface area contributed by atoms with Crippen molar-refractivity contribution >= 4 is 21.6 Å². The third-order valence-electron chi connectivity index (χ3n) is 5.43. The molecule has 0 spiro atoms. The van der Waals surface area contributed by atoms with E-state index < -0.39 is 0 Å². The first-order valence-electron chi connectivity index (χ1n) is 9.91. The molecule has 148 valence electrons. The third-order valence-corrected chi connectivity index (χ3v) is 6.35. The highest BCUT2D eigenvalue weighted by Crippen LogP contribution is 2.31. The van der Waals surface area contributed by atoms with Gasteiger partial charge in [-0.2, -0.15) is 5.21 Å². The Bertz CT molecular complexity index is 1020. The largest absolute Gasteiger partial charge is 0.431 e. The summed E-state index contributed by atoms with van der Waals surface area (Å²) >= 11 is 1.57. The molecule has 0 radical (unpaired) electrons. The van der Waals surface area contributed by atoms with Crippen molar-refractivity contribution in [2.75, 3.05) is 19.6 Å². The predicted molar refractivity (Wildman–Crippen MR) is 112 cm³/mol. The molecule has 8 heteroatoms. The third kappa shape index (κ3) is 4.28.